The van der Waals surface area contributed by atoms with E-state index in [-0.39, 0.29) is 0 Å². The highest BCUT2D eigenvalue weighted by atomic mass is 28.3. The van der Waals surface area contributed by atoms with Gasteiger partial charge in [-0.25, -0.2) is 0 Å². The van der Waals surface area contributed by atoms with Gasteiger partial charge in [0.15, 0.2) is 0 Å². The molecule has 0 fully saturated rings. The van der Waals surface area contributed by atoms with E-state index in [1.54, 1.807) is 87.5 Å². The third-order valence-electron chi connectivity index (χ3n) is 10.7. The molecule has 4 aromatic rings. The van der Waals surface area contributed by atoms with Crippen molar-refractivity contribution in [2.45, 2.75) is 104 Å². The molecule has 4 aliphatic carbocycles. The Bertz CT molecular complexity index is 1610. The van der Waals surface area contributed by atoms with Gasteiger partial charge in [0.05, 0.1) is 32.3 Å². The van der Waals surface area contributed by atoms with Crippen molar-refractivity contribution in [3.8, 4) is 44.5 Å². The van der Waals surface area contributed by atoms with Gasteiger partial charge in [-0.2, -0.15) is 0 Å². The van der Waals surface area contributed by atoms with Gasteiger partial charge in [0, 0.05) is 0 Å². The van der Waals surface area contributed by atoms with Crippen LogP contribution in [0.15, 0.2) is 48.5 Å². The Hall–Kier alpha value is -2.25. The molecule has 0 saturated heterocycles. The average molecular weight is 645 g/mol. The zero-order chi connectivity index (χ0) is 31.7. The predicted octanol–water partition coefficient (Wildman–Crippen LogP) is 9.05. The molecule has 4 heteroatoms. The van der Waals surface area contributed by atoms with E-state index in [9.17, 15) is 0 Å². The highest BCUT2D eigenvalue weighted by Crippen LogP contribution is 2.54. The molecule has 0 aliphatic heterocycles. The maximum Gasteiger partial charge on any atom is 0.0774 e. The van der Waals surface area contributed by atoms with E-state index in [0.29, 0.717) is 0 Å². The summed E-state index contributed by atoms with van der Waals surface area (Å²) in [5, 5.41) is 6.84. The lowest BCUT2D eigenvalue weighted by Gasteiger charge is -2.37. The molecule has 228 valence electrons. The van der Waals surface area contributed by atoms with Crippen LogP contribution in [0, 0.1) is 0 Å². The van der Waals surface area contributed by atoms with Crippen molar-refractivity contribution in [3.63, 3.8) is 0 Å². The van der Waals surface area contributed by atoms with E-state index < -0.39 is 32.3 Å². The number of benzene rings is 4. The van der Waals surface area contributed by atoms with Gasteiger partial charge in [0.1, 0.15) is 0 Å². The van der Waals surface area contributed by atoms with Gasteiger partial charge >= 0.3 is 0 Å². The van der Waals surface area contributed by atoms with E-state index in [2.05, 4.69) is 127 Å². The molecule has 0 nitrogen and oxygen atoms in total. The van der Waals surface area contributed by atoms with Crippen LogP contribution < -0.4 is 20.7 Å². The molecule has 0 saturated carbocycles. The first-order valence-corrected chi connectivity index (χ1v) is 31.0. The molecule has 4 aromatic carbocycles. The number of rotatable bonds is 4. The smallest absolute Gasteiger partial charge is 0.0656 e. The monoisotopic (exact) mass is 644 g/mol. The van der Waals surface area contributed by atoms with Crippen LogP contribution in [0.25, 0.3) is 44.5 Å². The minimum absolute atomic E-state index is 1.12. The van der Waals surface area contributed by atoms with Gasteiger partial charge in [-0.3, -0.25) is 0 Å². The summed E-state index contributed by atoms with van der Waals surface area (Å²) >= 11 is 0. The first-order chi connectivity index (χ1) is 20.4. The lowest BCUT2D eigenvalue weighted by molar-refractivity contribution is 0.922. The standard InChI is InChI=1S/C40H52Si4/c1-41(2,3)33-21-29-30(22-34(33)42(4,5)6)38-26-14-13-25(37(29)38)17-18-27-15-16-28(20-19-26)40-32-24-36(44(10,11)12)35(43(7,8)9)23-31(32)39(27)40/h13-16,21-24H,17-20H2,1-12H3. The van der Waals surface area contributed by atoms with Crippen LogP contribution in [0.5, 0.6) is 0 Å². The number of hydrogen-bond donors (Lipinski definition) is 0. The van der Waals surface area contributed by atoms with Crippen LogP contribution >= 0.6 is 0 Å². The summed E-state index contributed by atoms with van der Waals surface area (Å²) in [4.78, 5) is 0. The van der Waals surface area contributed by atoms with Crippen molar-refractivity contribution in [2.24, 2.45) is 0 Å². The first kappa shape index (κ1) is 30.4. The van der Waals surface area contributed by atoms with Gasteiger partial charge < -0.3 is 0 Å². The number of aryl methyl sites for hydroxylation is 4. The van der Waals surface area contributed by atoms with Crippen molar-refractivity contribution in [1.29, 1.82) is 0 Å². The molecule has 4 aliphatic rings. The molecular formula is C40H52Si4. The minimum atomic E-state index is -1.47. The van der Waals surface area contributed by atoms with E-state index in [1.807, 2.05) is 0 Å². The first-order valence-electron chi connectivity index (χ1n) is 17.0. The van der Waals surface area contributed by atoms with Crippen LogP contribution in [-0.4, -0.2) is 32.3 Å². The second-order valence-corrected chi connectivity index (χ2v) is 38.3. The summed E-state index contributed by atoms with van der Waals surface area (Å²) in [5.74, 6) is 0. The second kappa shape index (κ2) is 9.63. The van der Waals surface area contributed by atoms with Crippen LogP contribution in [-0.2, 0) is 25.7 Å². The zero-order valence-corrected chi connectivity index (χ0v) is 33.4. The molecule has 4 bridgehead atoms. The fraction of sp³-hybridized carbons (Fsp3) is 0.400. The summed E-state index contributed by atoms with van der Waals surface area (Å²) < 4.78 is 0. The normalized spacial score (nSPS) is 15.4. The molecule has 0 N–H and O–H groups in total. The molecule has 44 heavy (non-hydrogen) atoms. The van der Waals surface area contributed by atoms with Crippen molar-refractivity contribution < 1.29 is 0 Å². The maximum absolute atomic E-state index is 2.67. The molecule has 0 atom stereocenters. The predicted molar refractivity (Wildman–Crippen MR) is 208 cm³/mol. The third-order valence-corrected chi connectivity index (χ3v) is 19.3. The Kier molecular flexibility index (Phi) is 6.66. The fourth-order valence-electron chi connectivity index (χ4n) is 8.36. The second-order valence-electron chi connectivity index (χ2n) is 18.2. The van der Waals surface area contributed by atoms with Crippen LogP contribution in [0.3, 0.4) is 0 Å². The van der Waals surface area contributed by atoms with Crippen LogP contribution in [0.4, 0.5) is 0 Å². The highest BCUT2D eigenvalue weighted by Gasteiger charge is 2.37. The maximum atomic E-state index is 2.67. The Labute approximate surface area is 271 Å². The summed E-state index contributed by atoms with van der Waals surface area (Å²) in [6.45, 7) is 30.5. The summed E-state index contributed by atoms with van der Waals surface area (Å²) in [7, 11) is -5.87. The van der Waals surface area contributed by atoms with Gasteiger partial charge in [-0.1, -0.05) is 148 Å². The number of hydrogen-bond acceptors (Lipinski definition) is 0. The molecule has 0 heterocycles. The third kappa shape index (κ3) is 4.61. The quantitative estimate of drug-likeness (QED) is 0.168. The van der Waals surface area contributed by atoms with Crippen molar-refractivity contribution in [1.82, 2.24) is 0 Å². The molecule has 0 radical (unpaired) electrons. The lowest BCUT2D eigenvalue weighted by Crippen LogP contribution is -2.56. The highest BCUT2D eigenvalue weighted by molar-refractivity contribution is 6.99. The molecular weight excluding hydrogens is 593 g/mol. The molecule has 8 rings (SSSR count). The molecule has 0 unspecified atom stereocenters. The lowest BCUT2D eigenvalue weighted by atomic mass is 9.70. The largest absolute Gasteiger partial charge is 0.0774 e. The van der Waals surface area contributed by atoms with Crippen LogP contribution in [0.2, 0.25) is 78.6 Å². The molecule has 0 aromatic heterocycles. The van der Waals surface area contributed by atoms with Gasteiger partial charge in [-0.15, -0.1) is 0 Å². The fourth-order valence-corrected chi connectivity index (χ4v) is 18.7. The SMILES string of the molecule is C[Si](C)(C)c1cc2c(cc1[Si](C)(C)C)-c1c3ccc(c1-2)CCc1ccc(c2c1-c1cc([Si](C)(C)C)c([Si](C)(C)C)cc1-2)CC3. The summed E-state index contributed by atoms with van der Waals surface area (Å²) in [6, 6.07) is 20.7. The van der Waals surface area contributed by atoms with E-state index >= 15 is 0 Å². The van der Waals surface area contributed by atoms with E-state index in [0.717, 1.165) is 25.7 Å². The summed E-state index contributed by atoms with van der Waals surface area (Å²) in [6.07, 6.45) is 4.48. The Balaban J connectivity index is 1.36. The Morgan fingerprint density at radius 3 is 0.659 bits per heavy atom. The van der Waals surface area contributed by atoms with Crippen molar-refractivity contribution in [2.75, 3.05) is 0 Å². The topological polar surface area (TPSA) is 0 Å². The Morgan fingerprint density at radius 2 is 0.500 bits per heavy atom. The average Bonchev–Trinajstić information content (AvgIpc) is 2.87. The molecule has 0 amide bonds. The van der Waals surface area contributed by atoms with E-state index in [1.165, 1.54) is 0 Å². The van der Waals surface area contributed by atoms with Gasteiger partial charge in [-0.05, 0) is 92.4 Å². The van der Waals surface area contributed by atoms with E-state index in [4.69, 9.17) is 0 Å². The minimum Gasteiger partial charge on any atom is -0.0656 e. The van der Waals surface area contributed by atoms with Crippen molar-refractivity contribution in [3.05, 3.63) is 70.8 Å². The summed E-state index contributed by atoms with van der Waals surface area (Å²) in [5.41, 5.74) is 18.8. The van der Waals surface area contributed by atoms with Gasteiger partial charge in [0.25, 0.3) is 0 Å². The number of fused-ring (bicyclic) bond motifs is 8. The van der Waals surface area contributed by atoms with Gasteiger partial charge in [0.2, 0.25) is 0 Å². The van der Waals surface area contributed by atoms with Crippen molar-refractivity contribution >= 4 is 53.0 Å². The molecule has 0 spiro atoms. The zero-order valence-electron chi connectivity index (χ0n) is 29.4. The van der Waals surface area contributed by atoms with Crippen LogP contribution in [0.1, 0.15) is 22.3 Å². The Morgan fingerprint density at radius 1 is 0.318 bits per heavy atom.